The number of likely N-dealkylation sites (tertiary alicyclic amines) is 1. The molecule has 2 heterocycles. The number of hydrogen-bond acceptors (Lipinski definition) is 4. The number of hydrogen-bond donors (Lipinski definition) is 0. The Hall–Kier alpha value is -3.45. The van der Waals surface area contributed by atoms with Gasteiger partial charge in [0, 0.05) is 30.8 Å². The summed E-state index contributed by atoms with van der Waals surface area (Å²) in [5.74, 6) is 1.10. The van der Waals surface area contributed by atoms with Crippen LogP contribution in [-0.4, -0.2) is 38.7 Å². The highest BCUT2D eigenvalue weighted by atomic mass is 32.2. The summed E-state index contributed by atoms with van der Waals surface area (Å²) in [7, 11) is 0. The van der Waals surface area contributed by atoms with Gasteiger partial charge in [-0.2, -0.15) is 0 Å². The number of thioether (sulfide) groups is 1. The largest absolute Gasteiger partial charge is 0.339 e. The molecule has 34 heavy (non-hydrogen) atoms. The molecule has 0 N–H and O–H groups in total. The quantitative estimate of drug-likeness (QED) is 0.332. The van der Waals surface area contributed by atoms with Gasteiger partial charge in [0.25, 0.3) is 5.91 Å². The summed E-state index contributed by atoms with van der Waals surface area (Å²) in [6, 6.07) is 24.4. The highest BCUT2D eigenvalue weighted by Gasteiger charge is 2.20. The van der Waals surface area contributed by atoms with Gasteiger partial charge in [-0.25, -0.2) is 4.39 Å². The van der Waals surface area contributed by atoms with Crippen molar-refractivity contribution in [1.29, 1.82) is 0 Å². The number of para-hydroxylation sites is 1. The van der Waals surface area contributed by atoms with E-state index in [2.05, 4.69) is 10.2 Å². The Balaban J connectivity index is 1.36. The summed E-state index contributed by atoms with van der Waals surface area (Å²) in [5, 5.41) is 9.42. The average molecular weight is 473 g/mol. The first-order chi connectivity index (χ1) is 16.7. The minimum absolute atomic E-state index is 0.0987. The van der Waals surface area contributed by atoms with Crippen LogP contribution in [0.2, 0.25) is 0 Å². The van der Waals surface area contributed by atoms with Crippen LogP contribution in [-0.2, 0) is 12.2 Å². The third kappa shape index (κ3) is 4.89. The molecule has 1 aliphatic rings. The first-order valence-electron chi connectivity index (χ1n) is 11.4. The number of rotatable bonds is 7. The van der Waals surface area contributed by atoms with Crippen LogP contribution in [0.4, 0.5) is 4.39 Å². The van der Waals surface area contributed by atoms with E-state index in [1.165, 1.54) is 17.8 Å². The molecule has 1 amide bonds. The number of benzene rings is 3. The van der Waals surface area contributed by atoms with Gasteiger partial charge in [0.05, 0.1) is 5.69 Å². The molecule has 7 heteroatoms. The van der Waals surface area contributed by atoms with Crippen molar-refractivity contribution >= 4 is 17.7 Å². The fraction of sp³-hybridized carbons (Fsp3) is 0.222. The molecule has 4 aromatic rings. The van der Waals surface area contributed by atoms with E-state index in [9.17, 15) is 9.18 Å². The summed E-state index contributed by atoms with van der Waals surface area (Å²) in [6.07, 6.45) is 2.71. The predicted octanol–water partition coefficient (Wildman–Crippen LogP) is 5.53. The van der Waals surface area contributed by atoms with Crippen LogP contribution in [0.1, 0.15) is 40.2 Å². The fourth-order valence-electron chi connectivity index (χ4n) is 4.16. The fourth-order valence-corrected chi connectivity index (χ4v) is 5.08. The number of halogens is 1. The van der Waals surface area contributed by atoms with E-state index >= 15 is 0 Å². The Bertz CT molecular complexity index is 1270. The Morgan fingerprint density at radius 1 is 0.853 bits per heavy atom. The molecule has 1 aromatic heterocycles. The molecule has 3 aromatic carbocycles. The van der Waals surface area contributed by atoms with Crippen molar-refractivity contribution in [2.75, 3.05) is 13.1 Å². The molecule has 0 radical (unpaired) electrons. The summed E-state index contributed by atoms with van der Waals surface area (Å²) in [6.45, 7) is 1.68. The van der Waals surface area contributed by atoms with Crippen molar-refractivity contribution in [3.05, 3.63) is 107 Å². The van der Waals surface area contributed by atoms with Crippen LogP contribution in [0, 0.1) is 5.82 Å². The molecule has 0 atom stereocenters. The summed E-state index contributed by atoms with van der Waals surface area (Å²) < 4.78 is 16.5. The molecule has 1 saturated heterocycles. The van der Waals surface area contributed by atoms with E-state index in [0.717, 1.165) is 42.6 Å². The highest BCUT2D eigenvalue weighted by molar-refractivity contribution is 7.98. The normalized spacial score (nSPS) is 13.4. The lowest BCUT2D eigenvalue weighted by Crippen LogP contribution is -2.27. The number of amides is 1. The van der Waals surface area contributed by atoms with Crippen molar-refractivity contribution < 1.29 is 9.18 Å². The maximum Gasteiger partial charge on any atom is 0.253 e. The van der Waals surface area contributed by atoms with Crippen molar-refractivity contribution in [2.45, 2.75) is 30.2 Å². The summed E-state index contributed by atoms with van der Waals surface area (Å²) in [4.78, 5) is 14.5. The topological polar surface area (TPSA) is 51.0 Å². The van der Waals surface area contributed by atoms with E-state index in [4.69, 9.17) is 0 Å². The van der Waals surface area contributed by atoms with Crippen LogP contribution < -0.4 is 0 Å². The van der Waals surface area contributed by atoms with Gasteiger partial charge in [-0.05, 0) is 48.2 Å². The molecular formula is C27H25FN4OS. The van der Waals surface area contributed by atoms with Crippen LogP contribution in [0.3, 0.4) is 0 Å². The Morgan fingerprint density at radius 2 is 1.56 bits per heavy atom. The van der Waals surface area contributed by atoms with Gasteiger partial charge >= 0.3 is 0 Å². The zero-order chi connectivity index (χ0) is 23.3. The molecule has 0 spiro atoms. The summed E-state index contributed by atoms with van der Waals surface area (Å²) >= 11 is 1.50. The second kappa shape index (κ2) is 10.2. The lowest BCUT2D eigenvalue weighted by Gasteiger charge is -2.15. The summed E-state index contributed by atoms with van der Waals surface area (Å²) in [5.41, 5.74) is 3.31. The maximum absolute atomic E-state index is 14.7. The van der Waals surface area contributed by atoms with E-state index in [1.54, 1.807) is 16.7 Å². The van der Waals surface area contributed by atoms with Crippen molar-refractivity contribution in [1.82, 2.24) is 19.7 Å². The Kier molecular flexibility index (Phi) is 6.72. The number of carbonyl (C=O) groups excluding carboxylic acids is 1. The van der Waals surface area contributed by atoms with E-state index < -0.39 is 0 Å². The SMILES string of the molecule is O=C(c1ccc(CSc2nnc(Cc3ccccc3)n2-c2ccccc2F)cc1)N1CCCC1. The predicted molar refractivity (Wildman–Crippen MR) is 132 cm³/mol. The average Bonchev–Trinajstić information content (AvgIpc) is 3.54. The van der Waals surface area contributed by atoms with Crippen LogP contribution in [0.15, 0.2) is 84.0 Å². The van der Waals surface area contributed by atoms with E-state index in [1.807, 2.05) is 65.6 Å². The zero-order valence-corrected chi connectivity index (χ0v) is 19.5. The first kappa shape index (κ1) is 22.3. The number of carbonyl (C=O) groups is 1. The molecule has 5 rings (SSSR count). The minimum Gasteiger partial charge on any atom is -0.339 e. The third-order valence-electron chi connectivity index (χ3n) is 5.96. The molecule has 0 unspecified atom stereocenters. The van der Waals surface area contributed by atoms with Crippen LogP contribution in [0.25, 0.3) is 5.69 Å². The highest BCUT2D eigenvalue weighted by Crippen LogP contribution is 2.28. The van der Waals surface area contributed by atoms with Crippen LogP contribution in [0.5, 0.6) is 0 Å². The lowest BCUT2D eigenvalue weighted by atomic mass is 10.1. The molecule has 0 bridgehead atoms. The van der Waals surface area contributed by atoms with Crippen LogP contribution >= 0.6 is 11.8 Å². The lowest BCUT2D eigenvalue weighted by molar-refractivity contribution is 0.0793. The molecule has 5 nitrogen and oxygen atoms in total. The van der Waals surface area contributed by atoms with E-state index in [-0.39, 0.29) is 11.7 Å². The van der Waals surface area contributed by atoms with Gasteiger partial charge in [-0.15, -0.1) is 10.2 Å². The molecule has 1 aliphatic heterocycles. The maximum atomic E-state index is 14.7. The van der Waals surface area contributed by atoms with Gasteiger partial charge in [-0.3, -0.25) is 9.36 Å². The first-order valence-corrected chi connectivity index (χ1v) is 12.4. The van der Waals surface area contributed by atoms with Gasteiger partial charge < -0.3 is 4.90 Å². The molecule has 0 aliphatic carbocycles. The Labute approximate surface area is 202 Å². The van der Waals surface area contributed by atoms with Crippen molar-refractivity contribution in [2.24, 2.45) is 0 Å². The minimum atomic E-state index is -0.316. The van der Waals surface area contributed by atoms with Crippen molar-refractivity contribution in [3.63, 3.8) is 0 Å². The van der Waals surface area contributed by atoms with Gasteiger partial charge in [-0.1, -0.05) is 66.4 Å². The second-order valence-corrected chi connectivity index (χ2v) is 9.28. The standard InChI is InChI=1S/C27H25FN4OS/c28-23-10-4-5-11-24(23)32-25(18-20-8-2-1-3-9-20)29-30-27(32)34-19-21-12-14-22(15-13-21)26(33)31-16-6-7-17-31/h1-5,8-15H,6-7,16-19H2. The second-order valence-electron chi connectivity index (χ2n) is 8.33. The van der Waals surface area contributed by atoms with Gasteiger partial charge in [0.1, 0.15) is 11.6 Å². The van der Waals surface area contributed by atoms with Gasteiger partial charge in [0.15, 0.2) is 5.16 Å². The zero-order valence-electron chi connectivity index (χ0n) is 18.7. The molecule has 0 saturated carbocycles. The molecular weight excluding hydrogens is 447 g/mol. The molecule has 1 fully saturated rings. The monoisotopic (exact) mass is 472 g/mol. The third-order valence-corrected chi connectivity index (χ3v) is 6.96. The smallest absolute Gasteiger partial charge is 0.253 e. The van der Waals surface area contributed by atoms with Gasteiger partial charge in [0.2, 0.25) is 0 Å². The number of nitrogens with zero attached hydrogens (tertiary/aromatic N) is 4. The Morgan fingerprint density at radius 3 is 2.29 bits per heavy atom. The van der Waals surface area contributed by atoms with Crippen molar-refractivity contribution in [3.8, 4) is 5.69 Å². The number of aromatic nitrogens is 3. The van der Waals surface area contributed by atoms with E-state index in [0.29, 0.717) is 28.8 Å². The molecule has 172 valence electrons.